The van der Waals surface area contributed by atoms with Gasteiger partial charge in [0.15, 0.2) is 0 Å². The van der Waals surface area contributed by atoms with Gasteiger partial charge < -0.3 is 153 Å². The molecule has 0 rings (SSSR count). The number of rotatable bonds is 3. The molecule has 34 heteroatoms. The summed E-state index contributed by atoms with van der Waals surface area (Å²) in [4.78, 5) is 107. The monoisotopic (exact) mass is 988 g/mol. The first kappa shape index (κ1) is 125. The molecule has 12 N–H and O–H groups in total. The van der Waals surface area contributed by atoms with E-state index in [1.807, 2.05) is 0 Å². The van der Waals surface area contributed by atoms with Crippen LogP contribution in [-0.2, 0) is 57.5 Å². The molecule has 0 fully saturated rings. The zero-order valence-electron chi connectivity index (χ0n) is 47.5. The second-order valence-corrected chi connectivity index (χ2v) is 7.63. The maximum absolute atomic E-state index is 8.89. The van der Waals surface area contributed by atoms with E-state index in [0.29, 0.717) is 39.3 Å². The molecule has 0 saturated heterocycles. The summed E-state index contributed by atoms with van der Waals surface area (Å²) >= 11 is 0. The second kappa shape index (κ2) is 137. The van der Waals surface area contributed by atoms with Gasteiger partial charge in [-0.15, -0.1) is 0 Å². The van der Waals surface area contributed by atoms with Crippen molar-refractivity contribution in [3.63, 3.8) is 0 Å². The summed E-state index contributed by atoms with van der Waals surface area (Å²) < 4.78 is 0. The van der Waals surface area contributed by atoms with E-state index >= 15 is 0 Å². The van der Waals surface area contributed by atoms with E-state index in [1.165, 1.54) is 0 Å². The van der Waals surface area contributed by atoms with Gasteiger partial charge in [-0.05, 0) is 83.1 Å². The van der Waals surface area contributed by atoms with Crippen molar-refractivity contribution in [1.29, 1.82) is 0 Å². The summed E-state index contributed by atoms with van der Waals surface area (Å²) in [5.74, 6) is -13.0. The minimum atomic E-state index is -1.08. The van der Waals surface area contributed by atoms with Crippen molar-refractivity contribution in [2.75, 3.05) is 39.3 Å². The van der Waals surface area contributed by atoms with Gasteiger partial charge in [0.25, 0.3) is 0 Å². The van der Waals surface area contributed by atoms with E-state index in [4.69, 9.17) is 153 Å². The Morgan fingerprint density at radius 1 is 0.219 bits per heavy atom. The molecule has 0 saturated carbocycles. The number of hydrogen-bond donors (Lipinski definition) is 6. The van der Waals surface area contributed by atoms with E-state index in [0.717, 1.165) is 83.1 Å². The molecular formula is C30H68N6Na4O24. The fraction of sp³-hybridized carbons (Fsp3) is 0.600. The van der Waals surface area contributed by atoms with Crippen molar-refractivity contribution in [3.8, 4) is 0 Å². The summed E-state index contributed by atoms with van der Waals surface area (Å²) in [6.07, 6.45) is 0. The SMILES string of the molecule is CC(=O)[O-].CC(=O)[O-].CC(=O)[O-].CC(=O)[O-].CC(=O)[O-].CC(=O)[O-].CC(=O)[O-].CC(=O)[O-].CC(=O)[O-].CC(=O)[O-].CC(=O)[O-].CC(=O)[O-].NCCN.NCCN.NCCN.[H+].[H+].[H+].[H+].[H+].[H+].[H+].[H+].[Na+].[Na+].[Na+].[Na+]. The Hall–Kier alpha value is -2.60. The largest absolute Gasteiger partial charge is 1.00 e. The molecule has 0 aromatic heterocycles. The summed E-state index contributed by atoms with van der Waals surface area (Å²) in [5, 5.41) is 107. The third kappa shape index (κ3) is 1270000. The molecule has 0 radical (unpaired) electrons. The van der Waals surface area contributed by atoms with Crippen LogP contribution in [0.2, 0.25) is 0 Å². The Balaban J connectivity index is -0.0000000119. The predicted octanol–water partition coefficient (Wildman–Crippen LogP) is -29.3. The average molecular weight is 989 g/mol. The van der Waals surface area contributed by atoms with Crippen LogP contribution in [-0.4, -0.2) is 111 Å². The maximum atomic E-state index is 8.89. The van der Waals surface area contributed by atoms with E-state index in [9.17, 15) is 0 Å². The van der Waals surface area contributed by atoms with Crippen LogP contribution in [0.5, 0.6) is 0 Å². The van der Waals surface area contributed by atoms with Crippen molar-refractivity contribution in [1.82, 2.24) is 0 Å². The number of carboxylic acid groups (broad SMARTS) is 12. The molecular weight excluding hydrogens is 920 g/mol. The minimum Gasteiger partial charge on any atom is -0.550 e. The van der Waals surface area contributed by atoms with Crippen LogP contribution >= 0.6 is 0 Å². The van der Waals surface area contributed by atoms with Crippen LogP contribution < -0.4 is 214 Å². The Morgan fingerprint density at radius 3 is 0.234 bits per heavy atom. The molecule has 0 bridgehead atoms. The van der Waals surface area contributed by atoms with Gasteiger partial charge >= 0.3 is 130 Å². The molecule has 0 aliphatic rings. The van der Waals surface area contributed by atoms with Crippen LogP contribution in [0.3, 0.4) is 0 Å². The van der Waals surface area contributed by atoms with Crippen molar-refractivity contribution in [2.45, 2.75) is 83.1 Å². The Labute approximate surface area is 472 Å². The number of nitrogens with two attached hydrogens (primary N) is 6. The van der Waals surface area contributed by atoms with Gasteiger partial charge in [-0.2, -0.15) is 0 Å². The first-order chi connectivity index (χ1) is 26.5. The van der Waals surface area contributed by atoms with Crippen LogP contribution in [0.1, 0.15) is 94.5 Å². The molecule has 0 aromatic rings. The van der Waals surface area contributed by atoms with E-state index < -0.39 is 71.6 Å². The third-order valence-electron chi connectivity index (χ3n) is 0.500. The fourth-order valence-electron chi connectivity index (χ4n) is 0. The van der Waals surface area contributed by atoms with Gasteiger partial charge in [0, 0.05) is 111 Å². The maximum Gasteiger partial charge on any atom is 1.00 e. The van der Waals surface area contributed by atoms with E-state index in [-0.39, 0.29) is 130 Å². The van der Waals surface area contributed by atoms with Gasteiger partial charge in [0.1, 0.15) is 0 Å². The van der Waals surface area contributed by atoms with Crippen molar-refractivity contribution in [3.05, 3.63) is 0 Å². The van der Waals surface area contributed by atoms with Crippen LogP contribution in [0.4, 0.5) is 0 Å². The number of carbonyl (C=O) groups is 12. The van der Waals surface area contributed by atoms with Gasteiger partial charge in [0.2, 0.25) is 0 Å². The zero-order chi connectivity index (χ0) is 53.2. The number of hydrogen-bond acceptors (Lipinski definition) is 30. The second-order valence-electron chi connectivity index (χ2n) is 7.63. The van der Waals surface area contributed by atoms with Gasteiger partial charge in [-0.3, -0.25) is 0 Å². The Morgan fingerprint density at radius 2 is 0.234 bits per heavy atom. The summed E-state index contributed by atoms with van der Waals surface area (Å²) in [7, 11) is 0. The number of carbonyl (C=O) groups excluding carboxylic acids is 12. The molecule has 0 atom stereocenters. The molecule has 0 spiro atoms. The third-order valence-corrected chi connectivity index (χ3v) is 0.500. The molecule has 0 unspecified atom stereocenters. The summed E-state index contributed by atoms with van der Waals surface area (Å²) in [6, 6.07) is 0. The van der Waals surface area contributed by atoms with E-state index in [2.05, 4.69) is 0 Å². The predicted molar refractivity (Wildman–Crippen MR) is 191 cm³/mol. The standard InChI is InChI=1S/3C2H8N2.12C2H4O2.4Na/c3*3-1-2-4;12*1-2(3)4;;;;/h3*1-4H2;12*1H3,(H,3,4);;;;/q;;;;;;;;;;;;;;;4*+1/p-4. The van der Waals surface area contributed by atoms with Gasteiger partial charge in [0.05, 0.1) is 0 Å². The van der Waals surface area contributed by atoms with Crippen LogP contribution in [0.15, 0.2) is 0 Å². The molecule has 0 amide bonds. The van der Waals surface area contributed by atoms with Crippen LogP contribution in [0.25, 0.3) is 0 Å². The average Bonchev–Trinajstić information content (AvgIpc) is 2.94. The first-order valence-electron chi connectivity index (χ1n) is 14.8. The van der Waals surface area contributed by atoms with Crippen molar-refractivity contribution >= 4 is 71.6 Å². The molecule has 0 aliphatic carbocycles. The van der Waals surface area contributed by atoms with E-state index in [1.54, 1.807) is 0 Å². The minimum absolute atomic E-state index is 0. The number of carboxylic acids is 12. The molecule has 0 heterocycles. The smallest absolute Gasteiger partial charge is 0.550 e. The molecule has 0 aromatic carbocycles. The number of aliphatic carboxylic acids is 12. The Bertz CT molecular complexity index is 750. The summed E-state index contributed by atoms with van der Waals surface area (Å²) in [6.45, 7) is 15.2. The van der Waals surface area contributed by atoms with Gasteiger partial charge in [-0.25, -0.2) is 0 Å². The van der Waals surface area contributed by atoms with Crippen LogP contribution in [0, 0.1) is 0 Å². The van der Waals surface area contributed by atoms with Gasteiger partial charge in [-0.1, -0.05) is 0 Å². The quantitative estimate of drug-likeness (QED) is 0.143. The molecule has 30 nitrogen and oxygen atoms in total. The topological polar surface area (TPSA) is 638 Å². The Kier molecular flexibility index (Phi) is 267. The zero-order valence-corrected chi connectivity index (χ0v) is 47.5. The first-order valence-corrected chi connectivity index (χ1v) is 14.8. The molecule has 64 heavy (non-hydrogen) atoms. The van der Waals surface area contributed by atoms with Crippen molar-refractivity contribution in [2.24, 2.45) is 34.4 Å². The fourth-order valence-corrected chi connectivity index (χ4v) is 0. The normalized spacial score (nSPS) is 6.09. The molecule has 0 aliphatic heterocycles. The summed E-state index contributed by atoms with van der Waals surface area (Å²) in [5.41, 5.74) is 29.4. The molecule has 366 valence electrons. The van der Waals surface area contributed by atoms with Crippen molar-refractivity contribution < 1.29 is 248 Å².